The Morgan fingerprint density at radius 1 is 1.38 bits per heavy atom. The van der Waals surface area contributed by atoms with E-state index in [1.807, 2.05) is 19.9 Å². The first-order valence-corrected chi connectivity index (χ1v) is 9.47. The molecule has 29 heavy (non-hydrogen) atoms. The number of carbonyl (C=O) groups is 1. The van der Waals surface area contributed by atoms with E-state index >= 15 is 0 Å². The monoisotopic (exact) mass is 406 g/mol. The molecule has 1 unspecified atom stereocenters. The van der Waals surface area contributed by atoms with Crippen molar-refractivity contribution in [1.82, 2.24) is 9.78 Å². The fourth-order valence-corrected chi connectivity index (χ4v) is 4.21. The van der Waals surface area contributed by atoms with E-state index < -0.39 is 18.6 Å². The van der Waals surface area contributed by atoms with Crippen molar-refractivity contribution in [2.75, 3.05) is 0 Å². The summed E-state index contributed by atoms with van der Waals surface area (Å²) in [5.74, 6) is -0.690. The minimum absolute atomic E-state index is 0.0303. The number of aromatic nitrogens is 2. The van der Waals surface area contributed by atoms with E-state index in [9.17, 15) is 23.2 Å². The standard InChI is InChI=1S/C20H21F3N4O2/c1-19(2)5-13(28)16-14(6-19)29-18(25)11(7-24)15(16)12-8-27(9-20(21,22)23)26-17(12)10-3-4-10/h8,10,15H,3-6,9,25H2,1-2H3. The molecule has 2 heterocycles. The lowest BCUT2D eigenvalue weighted by molar-refractivity contribution is -0.142. The summed E-state index contributed by atoms with van der Waals surface area (Å²) in [6.07, 6.45) is -0.777. The molecular formula is C20H21F3N4O2. The zero-order valence-electron chi connectivity index (χ0n) is 16.1. The average molecular weight is 406 g/mol. The summed E-state index contributed by atoms with van der Waals surface area (Å²) in [6, 6.07) is 2.00. The molecule has 3 aliphatic rings. The van der Waals surface area contributed by atoms with Gasteiger partial charge in [0, 0.05) is 36.1 Å². The molecule has 0 saturated heterocycles. The van der Waals surface area contributed by atoms with Gasteiger partial charge in [-0.15, -0.1) is 0 Å². The van der Waals surface area contributed by atoms with Gasteiger partial charge < -0.3 is 10.5 Å². The van der Waals surface area contributed by atoms with E-state index in [1.54, 1.807) is 0 Å². The second-order valence-corrected chi connectivity index (χ2v) is 8.76. The third kappa shape index (κ3) is 3.63. The lowest BCUT2D eigenvalue weighted by Gasteiger charge is -2.37. The fraction of sp³-hybridized carbons (Fsp3) is 0.550. The van der Waals surface area contributed by atoms with Gasteiger partial charge in [-0.3, -0.25) is 9.48 Å². The van der Waals surface area contributed by atoms with Gasteiger partial charge in [0.15, 0.2) is 5.78 Å². The number of rotatable bonds is 3. The van der Waals surface area contributed by atoms with Crippen molar-refractivity contribution in [3.63, 3.8) is 0 Å². The Bertz CT molecular complexity index is 990. The molecule has 6 nitrogen and oxygen atoms in total. The second-order valence-electron chi connectivity index (χ2n) is 8.76. The fourth-order valence-electron chi connectivity index (χ4n) is 4.21. The van der Waals surface area contributed by atoms with Crippen molar-refractivity contribution in [1.29, 1.82) is 5.26 Å². The molecule has 9 heteroatoms. The zero-order chi connectivity index (χ0) is 21.1. The van der Waals surface area contributed by atoms with Crippen LogP contribution in [0.15, 0.2) is 29.0 Å². The molecule has 154 valence electrons. The van der Waals surface area contributed by atoms with Crippen molar-refractivity contribution < 1.29 is 22.7 Å². The van der Waals surface area contributed by atoms with Gasteiger partial charge in [0.1, 0.15) is 23.9 Å². The number of alkyl halides is 3. The highest BCUT2D eigenvalue weighted by Gasteiger charge is 2.45. The normalized spacial score (nSPS) is 24.3. The molecule has 0 radical (unpaired) electrons. The van der Waals surface area contributed by atoms with Crippen LogP contribution in [0.1, 0.15) is 62.6 Å². The van der Waals surface area contributed by atoms with Crippen molar-refractivity contribution in [2.45, 2.75) is 64.1 Å². The SMILES string of the molecule is CC1(C)CC(=O)C2=C(C1)OC(N)=C(C#N)C2c1cn(CC(F)(F)F)nc1C1CC1. The summed E-state index contributed by atoms with van der Waals surface area (Å²) < 4.78 is 45.3. The number of nitrogens with zero attached hydrogens (tertiary/aromatic N) is 3. The lowest BCUT2D eigenvalue weighted by atomic mass is 9.70. The van der Waals surface area contributed by atoms with Crippen LogP contribution in [0.4, 0.5) is 13.2 Å². The number of Topliss-reactive ketones (excluding diaryl/α,β-unsaturated/α-hetero) is 1. The minimum atomic E-state index is -4.43. The van der Waals surface area contributed by atoms with E-state index in [-0.39, 0.29) is 35.0 Å². The Kier molecular flexibility index (Phi) is 4.30. The third-order valence-corrected chi connectivity index (χ3v) is 5.51. The maximum Gasteiger partial charge on any atom is 0.408 e. The highest BCUT2D eigenvalue weighted by Crippen LogP contribution is 2.51. The van der Waals surface area contributed by atoms with Crippen molar-refractivity contribution in [3.05, 3.63) is 40.2 Å². The molecule has 1 atom stereocenters. The summed E-state index contributed by atoms with van der Waals surface area (Å²) >= 11 is 0. The summed E-state index contributed by atoms with van der Waals surface area (Å²) in [5, 5.41) is 13.9. The molecular weight excluding hydrogens is 385 g/mol. The first-order chi connectivity index (χ1) is 13.5. The Morgan fingerprint density at radius 2 is 2.07 bits per heavy atom. The van der Waals surface area contributed by atoms with Gasteiger partial charge in [-0.1, -0.05) is 13.8 Å². The molecule has 0 amide bonds. The molecule has 0 bridgehead atoms. The number of hydrogen-bond acceptors (Lipinski definition) is 5. The van der Waals surface area contributed by atoms with Gasteiger partial charge in [-0.2, -0.15) is 23.5 Å². The number of halogens is 3. The maximum atomic E-state index is 13.0. The number of ketones is 1. The minimum Gasteiger partial charge on any atom is -0.444 e. The molecule has 0 aromatic carbocycles. The van der Waals surface area contributed by atoms with Crippen LogP contribution in [0.25, 0.3) is 0 Å². The highest BCUT2D eigenvalue weighted by atomic mass is 19.4. The van der Waals surface area contributed by atoms with Gasteiger partial charge in [-0.25, -0.2) is 0 Å². The topological polar surface area (TPSA) is 93.9 Å². The maximum absolute atomic E-state index is 13.0. The Labute approximate surface area is 165 Å². The van der Waals surface area contributed by atoms with Gasteiger partial charge in [0.2, 0.25) is 5.88 Å². The molecule has 1 aromatic rings. The predicted octanol–water partition coefficient (Wildman–Crippen LogP) is 3.77. The van der Waals surface area contributed by atoms with Crippen LogP contribution in [-0.2, 0) is 16.1 Å². The zero-order valence-corrected chi connectivity index (χ0v) is 16.1. The smallest absolute Gasteiger partial charge is 0.408 e. The Balaban J connectivity index is 1.87. The van der Waals surface area contributed by atoms with Crippen molar-refractivity contribution >= 4 is 5.78 Å². The Morgan fingerprint density at radius 3 is 2.66 bits per heavy atom. The van der Waals surface area contributed by atoms with Crippen LogP contribution >= 0.6 is 0 Å². The number of nitrogens with two attached hydrogens (primary N) is 1. The van der Waals surface area contributed by atoms with Gasteiger partial charge in [0.25, 0.3) is 0 Å². The number of hydrogen-bond donors (Lipinski definition) is 1. The van der Waals surface area contributed by atoms with Crippen molar-refractivity contribution in [2.24, 2.45) is 11.1 Å². The van der Waals surface area contributed by atoms with E-state index in [0.29, 0.717) is 29.0 Å². The number of allylic oxidation sites excluding steroid dienone is 3. The van der Waals surface area contributed by atoms with E-state index in [0.717, 1.165) is 17.5 Å². The summed E-state index contributed by atoms with van der Waals surface area (Å²) in [4.78, 5) is 13.0. The summed E-state index contributed by atoms with van der Waals surface area (Å²) in [7, 11) is 0. The average Bonchev–Trinajstić information content (AvgIpc) is 3.32. The van der Waals surface area contributed by atoms with Crippen LogP contribution < -0.4 is 5.73 Å². The summed E-state index contributed by atoms with van der Waals surface area (Å²) in [5.41, 5.74) is 6.98. The summed E-state index contributed by atoms with van der Waals surface area (Å²) in [6.45, 7) is 2.64. The number of nitriles is 1. The van der Waals surface area contributed by atoms with Gasteiger partial charge in [0.05, 0.1) is 11.6 Å². The Hall–Kier alpha value is -2.76. The van der Waals surface area contributed by atoms with Crippen LogP contribution in [0.2, 0.25) is 0 Å². The number of ether oxygens (including phenoxy) is 1. The van der Waals surface area contributed by atoms with Gasteiger partial charge in [-0.05, 0) is 18.3 Å². The molecule has 0 spiro atoms. The highest BCUT2D eigenvalue weighted by molar-refractivity contribution is 6.00. The largest absolute Gasteiger partial charge is 0.444 e. The van der Waals surface area contributed by atoms with Gasteiger partial charge >= 0.3 is 6.18 Å². The first-order valence-electron chi connectivity index (χ1n) is 9.47. The van der Waals surface area contributed by atoms with Crippen molar-refractivity contribution in [3.8, 4) is 6.07 Å². The molecule has 2 aliphatic carbocycles. The van der Waals surface area contributed by atoms with E-state index in [4.69, 9.17) is 10.5 Å². The predicted molar refractivity (Wildman–Crippen MR) is 96.0 cm³/mol. The van der Waals surface area contributed by atoms with Crippen LogP contribution in [0.5, 0.6) is 0 Å². The quantitative estimate of drug-likeness (QED) is 0.825. The van der Waals surface area contributed by atoms with E-state index in [1.165, 1.54) is 6.20 Å². The first kappa shape index (κ1) is 19.6. The molecule has 1 aliphatic heterocycles. The molecule has 4 rings (SSSR count). The van der Waals surface area contributed by atoms with Crippen LogP contribution in [0, 0.1) is 16.7 Å². The third-order valence-electron chi connectivity index (χ3n) is 5.51. The molecule has 2 N–H and O–H groups in total. The molecule has 1 saturated carbocycles. The van der Waals surface area contributed by atoms with Crippen LogP contribution in [0.3, 0.4) is 0 Å². The van der Waals surface area contributed by atoms with E-state index in [2.05, 4.69) is 5.10 Å². The number of carbonyl (C=O) groups excluding carboxylic acids is 1. The lowest BCUT2D eigenvalue weighted by Crippen LogP contribution is -2.33. The molecule has 1 aromatic heterocycles. The molecule has 1 fully saturated rings. The van der Waals surface area contributed by atoms with Crippen LogP contribution in [-0.4, -0.2) is 21.7 Å². The second kappa shape index (κ2) is 6.37.